The fourth-order valence-electron chi connectivity index (χ4n) is 3.16. The van der Waals surface area contributed by atoms with Crippen LogP contribution in [0.5, 0.6) is 0 Å². The highest BCUT2D eigenvalue weighted by atomic mass is 16.5. The lowest BCUT2D eigenvalue weighted by Crippen LogP contribution is -2.10. The van der Waals surface area contributed by atoms with Gasteiger partial charge in [-0.1, -0.05) is 63.4 Å². The third kappa shape index (κ3) is 4.98. The Morgan fingerprint density at radius 2 is 1.62 bits per heavy atom. The number of hydrogen-bond donors (Lipinski definition) is 0. The van der Waals surface area contributed by atoms with Crippen molar-refractivity contribution in [2.24, 2.45) is 0 Å². The van der Waals surface area contributed by atoms with Crippen LogP contribution in [0.3, 0.4) is 0 Å². The Morgan fingerprint density at radius 3 is 2.33 bits per heavy atom. The Kier molecular flexibility index (Phi) is 6.98. The fourth-order valence-corrected chi connectivity index (χ4v) is 3.16. The van der Waals surface area contributed by atoms with Crippen LogP contribution in [0.2, 0.25) is 0 Å². The van der Waals surface area contributed by atoms with Crippen LogP contribution in [0.4, 0.5) is 0 Å². The van der Waals surface area contributed by atoms with Crippen molar-refractivity contribution in [3.63, 3.8) is 0 Å². The summed E-state index contributed by atoms with van der Waals surface area (Å²) in [5.74, 6) is 1.07. The van der Waals surface area contributed by atoms with Gasteiger partial charge in [-0.25, -0.2) is 0 Å². The first-order valence-electron chi connectivity index (χ1n) is 8.83. The Balaban J connectivity index is 1.59. The van der Waals surface area contributed by atoms with Crippen molar-refractivity contribution < 1.29 is 9.32 Å². The van der Waals surface area contributed by atoms with Gasteiger partial charge in [-0.3, -0.25) is 4.79 Å². The third-order valence-corrected chi connectivity index (χ3v) is 4.44. The molecule has 0 aliphatic heterocycles. The molecule has 0 aromatic carbocycles. The number of ketones is 1. The molecular formula is C18H29NO2. The van der Waals surface area contributed by atoms with E-state index in [0.29, 0.717) is 6.42 Å². The van der Waals surface area contributed by atoms with Crippen molar-refractivity contribution >= 4 is 5.78 Å². The van der Waals surface area contributed by atoms with Crippen LogP contribution in [0.15, 0.2) is 4.52 Å². The molecule has 0 saturated heterocycles. The highest BCUT2D eigenvalue weighted by molar-refractivity contribution is 5.98. The first kappa shape index (κ1) is 16.3. The van der Waals surface area contributed by atoms with E-state index < -0.39 is 0 Å². The summed E-state index contributed by atoms with van der Waals surface area (Å²) in [7, 11) is 0. The SMILES string of the molecule is CCCCCCCCCCCc1noc2c1C(=O)CCC2. The minimum absolute atomic E-state index is 0.239. The predicted molar refractivity (Wildman–Crippen MR) is 84.7 cm³/mol. The average molecular weight is 291 g/mol. The van der Waals surface area contributed by atoms with E-state index in [1.165, 1.54) is 51.4 Å². The largest absolute Gasteiger partial charge is 0.360 e. The van der Waals surface area contributed by atoms with Gasteiger partial charge in [-0.15, -0.1) is 0 Å². The van der Waals surface area contributed by atoms with E-state index in [4.69, 9.17) is 4.52 Å². The number of nitrogens with zero attached hydrogens (tertiary/aromatic N) is 1. The van der Waals surface area contributed by atoms with Crippen molar-refractivity contribution in [3.05, 3.63) is 17.0 Å². The van der Waals surface area contributed by atoms with Crippen LogP contribution in [-0.4, -0.2) is 10.9 Å². The molecule has 0 bridgehead atoms. The highest BCUT2D eigenvalue weighted by Crippen LogP contribution is 2.25. The van der Waals surface area contributed by atoms with E-state index in [9.17, 15) is 4.79 Å². The standard InChI is InChI=1S/C18H29NO2/c1-2-3-4-5-6-7-8-9-10-12-15-18-16(20)13-11-14-17(18)21-19-15/h2-14H2,1H3. The number of aryl methyl sites for hydroxylation is 2. The van der Waals surface area contributed by atoms with Gasteiger partial charge in [0.1, 0.15) is 5.76 Å². The maximum atomic E-state index is 11.9. The Bertz CT molecular complexity index is 436. The van der Waals surface area contributed by atoms with Gasteiger partial charge in [0, 0.05) is 12.8 Å². The number of hydrogen-bond acceptors (Lipinski definition) is 3. The molecule has 21 heavy (non-hydrogen) atoms. The number of carbonyl (C=O) groups is 1. The average Bonchev–Trinajstić information content (AvgIpc) is 2.90. The quantitative estimate of drug-likeness (QED) is 0.552. The second-order valence-electron chi connectivity index (χ2n) is 6.28. The summed E-state index contributed by atoms with van der Waals surface area (Å²) >= 11 is 0. The van der Waals surface area contributed by atoms with Gasteiger partial charge in [0.25, 0.3) is 0 Å². The number of Topliss-reactive ketones (excluding diaryl/α,β-unsaturated/α-hetero) is 1. The van der Waals surface area contributed by atoms with E-state index in [1.54, 1.807) is 0 Å². The summed E-state index contributed by atoms with van der Waals surface area (Å²) in [6.07, 6.45) is 15.2. The van der Waals surface area contributed by atoms with E-state index >= 15 is 0 Å². The van der Waals surface area contributed by atoms with Crippen LogP contribution < -0.4 is 0 Å². The molecule has 0 fully saturated rings. The van der Waals surface area contributed by atoms with E-state index in [0.717, 1.165) is 42.7 Å². The molecule has 3 heteroatoms. The molecule has 0 unspecified atom stereocenters. The van der Waals surface area contributed by atoms with Gasteiger partial charge < -0.3 is 4.52 Å². The lowest BCUT2D eigenvalue weighted by atomic mass is 9.93. The van der Waals surface area contributed by atoms with E-state index in [-0.39, 0.29) is 5.78 Å². The molecule has 0 saturated carbocycles. The Hall–Kier alpha value is -1.12. The van der Waals surface area contributed by atoms with Crippen LogP contribution in [0.25, 0.3) is 0 Å². The lowest BCUT2D eigenvalue weighted by molar-refractivity contribution is 0.0968. The normalized spacial score (nSPS) is 14.4. The smallest absolute Gasteiger partial charge is 0.168 e. The summed E-state index contributed by atoms with van der Waals surface area (Å²) < 4.78 is 5.32. The third-order valence-electron chi connectivity index (χ3n) is 4.44. The van der Waals surface area contributed by atoms with Crippen LogP contribution >= 0.6 is 0 Å². The number of rotatable bonds is 10. The minimum atomic E-state index is 0.239. The van der Waals surface area contributed by atoms with E-state index in [1.807, 2.05) is 0 Å². The van der Waals surface area contributed by atoms with Crippen LogP contribution in [-0.2, 0) is 12.8 Å². The second kappa shape index (κ2) is 9.01. The zero-order valence-corrected chi connectivity index (χ0v) is 13.5. The lowest BCUT2D eigenvalue weighted by Gasteiger charge is -2.08. The topological polar surface area (TPSA) is 43.1 Å². The zero-order valence-electron chi connectivity index (χ0n) is 13.5. The molecule has 0 spiro atoms. The highest BCUT2D eigenvalue weighted by Gasteiger charge is 2.25. The van der Waals surface area contributed by atoms with Crippen molar-refractivity contribution in [1.82, 2.24) is 5.16 Å². The van der Waals surface area contributed by atoms with Crippen LogP contribution in [0, 0.1) is 0 Å². The van der Waals surface area contributed by atoms with Gasteiger partial charge in [0.15, 0.2) is 5.78 Å². The van der Waals surface area contributed by atoms with Crippen molar-refractivity contribution in [3.8, 4) is 0 Å². The molecule has 0 amide bonds. The number of unbranched alkanes of at least 4 members (excludes halogenated alkanes) is 8. The number of aromatic nitrogens is 1. The van der Waals surface area contributed by atoms with Gasteiger partial charge in [0.05, 0.1) is 11.3 Å². The maximum Gasteiger partial charge on any atom is 0.168 e. The summed E-state index contributed by atoms with van der Waals surface area (Å²) in [5, 5.41) is 4.12. The van der Waals surface area contributed by atoms with Crippen molar-refractivity contribution in [1.29, 1.82) is 0 Å². The second-order valence-corrected chi connectivity index (χ2v) is 6.28. The molecule has 1 aliphatic rings. The predicted octanol–water partition coefficient (Wildman–Crippen LogP) is 5.27. The minimum Gasteiger partial charge on any atom is -0.360 e. The molecule has 0 atom stereocenters. The van der Waals surface area contributed by atoms with Crippen molar-refractivity contribution in [2.75, 3.05) is 0 Å². The first-order valence-corrected chi connectivity index (χ1v) is 8.83. The first-order chi connectivity index (χ1) is 10.3. The molecule has 118 valence electrons. The van der Waals surface area contributed by atoms with Crippen molar-refractivity contribution in [2.45, 2.75) is 90.4 Å². The molecule has 1 aromatic rings. The molecule has 1 heterocycles. The van der Waals surface area contributed by atoms with Gasteiger partial charge in [-0.05, 0) is 19.3 Å². The molecule has 2 rings (SSSR count). The molecule has 0 N–H and O–H groups in total. The summed E-state index contributed by atoms with van der Waals surface area (Å²) in [6, 6.07) is 0. The summed E-state index contributed by atoms with van der Waals surface area (Å²) in [5.41, 5.74) is 1.73. The number of fused-ring (bicyclic) bond motifs is 1. The molecule has 3 nitrogen and oxygen atoms in total. The zero-order chi connectivity index (χ0) is 14.9. The molecular weight excluding hydrogens is 262 g/mol. The fraction of sp³-hybridized carbons (Fsp3) is 0.778. The maximum absolute atomic E-state index is 11.9. The van der Waals surface area contributed by atoms with Gasteiger partial charge in [0.2, 0.25) is 0 Å². The molecule has 1 aliphatic carbocycles. The Labute approximate surface area is 128 Å². The molecule has 1 aromatic heterocycles. The summed E-state index contributed by atoms with van der Waals surface area (Å²) in [4.78, 5) is 11.9. The van der Waals surface area contributed by atoms with Gasteiger partial charge >= 0.3 is 0 Å². The van der Waals surface area contributed by atoms with E-state index in [2.05, 4.69) is 12.1 Å². The number of carbonyl (C=O) groups excluding carboxylic acids is 1. The van der Waals surface area contributed by atoms with Gasteiger partial charge in [-0.2, -0.15) is 0 Å². The Morgan fingerprint density at radius 1 is 0.952 bits per heavy atom. The molecule has 0 radical (unpaired) electrons. The monoisotopic (exact) mass is 291 g/mol. The summed E-state index contributed by atoms with van der Waals surface area (Å²) in [6.45, 7) is 2.26. The van der Waals surface area contributed by atoms with Crippen LogP contribution in [0.1, 0.15) is 99.4 Å².